The van der Waals surface area contributed by atoms with Crippen molar-refractivity contribution in [3.8, 4) is 5.75 Å². The van der Waals surface area contributed by atoms with Crippen molar-refractivity contribution in [3.63, 3.8) is 0 Å². The van der Waals surface area contributed by atoms with Crippen molar-refractivity contribution in [2.75, 3.05) is 13.7 Å². The Morgan fingerprint density at radius 1 is 1.47 bits per heavy atom. The average Bonchev–Trinajstić information content (AvgIpc) is 2.79. The van der Waals surface area contributed by atoms with Gasteiger partial charge in [0.2, 0.25) is 0 Å². The Morgan fingerprint density at radius 2 is 2.33 bits per heavy atom. The molecular formula is C13H19NO. The lowest BCUT2D eigenvalue weighted by Crippen LogP contribution is -2.35. The van der Waals surface area contributed by atoms with E-state index in [4.69, 9.17) is 4.74 Å². The monoisotopic (exact) mass is 205 g/mol. The minimum absolute atomic E-state index is 0.189. The minimum atomic E-state index is 0.189. The Bertz CT molecular complexity index is 329. The molecule has 1 aromatic rings. The zero-order chi connectivity index (χ0) is 10.7. The van der Waals surface area contributed by atoms with Gasteiger partial charge in [0, 0.05) is 5.54 Å². The SMILES string of the molecule is CCC1(c2cccc(OC)c2)CCCN1. The fraction of sp³-hybridized carbons (Fsp3) is 0.538. The van der Waals surface area contributed by atoms with Crippen LogP contribution in [0.2, 0.25) is 0 Å². The topological polar surface area (TPSA) is 21.3 Å². The fourth-order valence-electron chi connectivity index (χ4n) is 2.48. The lowest BCUT2D eigenvalue weighted by atomic mass is 9.86. The van der Waals surface area contributed by atoms with Crippen LogP contribution in [0, 0.1) is 0 Å². The Kier molecular flexibility index (Phi) is 2.96. The third-order valence-electron chi connectivity index (χ3n) is 3.47. The van der Waals surface area contributed by atoms with Gasteiger partial charge in [0.1, 0.15) is 5.75 Å². The number of rotatable bonds is 3. The second-order valence-corrected chi connectivity index (χ2v) is 4.20. The number of benzene rings is 1. The van der Waals surface area contributed by atoms with Gasteiger partial charge in [-0.1, -0.05) is 19.1 Å². The molecule has 0 spiro atoms. The number of ether oxygens (including phenoxy) is 1. The Morgan fingerprint density at radius 3 is 2.93 bits per heavy atom. The molecule has 0 aromatic heterocycles. The van der Waals surface area contributed by atoms with Crippen molar-refractivity contribution in [1.29, 1.82) is 0 Å². The van der Waals surface area contributed by atoms with Gasteiger partial charge in [-0.15, -0.1) is 0 Å². The summed E-state index contributed by atoms with van der Waals surface area (Å²) in [6.07, 6.45) is 3.64. The molecule has 1 N–H and O–H groups in total. The highest BCUT2D eigenvalue weighted by atomic mass is 16.5. The van der Waals surface area contributed by atoms with Crippen LogP contribution in [0.1, 0.15) is 31.7 Å². The summed E-state index contributed by atoms with van der Waals surface area (Å²) >= 11 is 0. The molecule has 1 saturated heterocycles. The summed E-state index contributed by atoms with van der Waals surface area (Å²) in [7, 11) is 1.72. The van der Waals surface area contributed by atoms with Crippen LogP contribution < -0.4 is 10.1 Å². The van der Waals surface area contributed by atoms with Crippen LogP contribution >= 0.6 is 0 Å². The quantitative estimate of drug-likeness (QED) is 0.819. The number of hydrogen-bond donors (Lipinski definition) is 1. The van der Waals surface area contributed by atoms with Crippen molar-refractivity contribution in [3.05, 3.63) is 29.8 Å². The first kappa shape index (κ1) is 10.5. The van der Waals surface area contributed by atoms with Crippen LogP contribution in [0.15, 0.2) is 24.3 Å². The van der Waals surface area contributed by atoms with Crippen LogP contribution in [0.25, 0.3) is 0 Å². The smallest absolute Gasteiger partial charge is 0.119 e. The van der Waals surface area contributed by atoms with Crippen molar-refractivity contribution >= 4 is 0 Å². The highest BCUT2D eigenvalue weighted by Gasteiger charge is 2.33. The lowest BCUT2D eigenvalue weighted by molar-refractivity contribution is 0.370. The van der Waals surface area contributed by atoms with E-state index in [1.54, 1.807) is 7.11 Å². The highest BCUT2D eigenvalue weighted by molar-refractivity contribution is 5.34. The van der Waals surface area contributed by atoms with E-state index in [0.717, 1.165) is 18.7 Å². The van der Waals surface area contributed by atoms with Crippen LogP contribution in [-0.4, -0.2) is 13.7 Å². The molecule has 1 aromatic carbocycles. The van der Waals surface area contributed by atoms with Crippen LogP contribution in [0.4, 0.5) is 0 Å². The van der Waals surface area contributed by atoms with Gasteiger partial charge in [-0.2, -0.15) is 0 Å². The van der Waals surface area contributed by atoms with Gasteiger partial charge in [0.25, 0.3) is 0 Å². The first-order chi connectivity index (χ1) is 7.30. The van der Waals surface area contributed by atoms with E-state index in [0.29, 0.717) is 0 Å². The van der Waals surface area contributed by atoms with E-state index < -0.39 is 0 Å². The third-order valence-corrected chi connectivity index (χ3v) is 3.47. The van der Waals surface area contributed by atoms with Crippen LogP contribution in [-0.2, 0) is 5.54 Å². The molecule has 0 saturated carbocycles. The third kappa shape index (κ3) is 1.86. The number of methoxy groups -OCH3 is 1. The molecule has 15 heavy (non-hydrogen) atoms. The maximum Gasteiger partial charge on any atom is 0.119 e. The summed E-state index contributed by atoms with van der Waals surface area (Å²) in [5.41, 5.74) is 1.55. The molecular weight excluding hydrogens is 186 g/mol. The Hall–Kier alpha value is -1.02. The largest absolute Gasteiger partial charge is 0.497 e. The standard InChI is InChI=1S/C13H19NO/c1-3-13(8-5-9-14-13)11-6-4-7-12(10-11)15-2/h4,6-7,10,14H,3,5,8-9H2,1-2H3. The van der Waals surface area contributed by atoms with E-state index in [1.165, 1.54) is 18.4 Å². The second kappa shape index (κ2) is 4.23. The zero-order valence-corrected chi connectivity index (χ0v) is 9.55. The van der Waals surface area contributed by atoms with Crippen molar-refractivity contribution in [1.82, 2.24) is 5.32 Å². The van der Waals surface area contributed by atoms with Gasteiger partial charge >= 0.3 is 0 Å². The van der Waals surface area contributed by atoms with Crippen molar-refractivity contribution < 1.29 is 4.74 Å². The molecule has 0 amide bonds. The molecule has 2 rings (SSSR count). The summed E-state index contributed by atoms with van der Waals surface area (Å²) in [6, 6.07) is 8.43. The summed E-state index contributed by atoms with van der Waals surface area (Å²) < 4.78 is 5.28. The number of nitrogens with one attached hydrogen (secondary N) is 1. The Labute approximate surface area is 91.6 Å². The predicted octanol–water partition coefficient (Wildman–Crippen LogP) is 2.68. The van der Waals surface area contributed by atoms with Crippen LogP contribution in [0.3, 0.4) is 0 Å². The maximum absolute atomic E-state index is 5.28. The molecule has 1 aliphatic heterocycles. The molecule has 82 valence electrons. The molecule has 0 aliphatic carbocycles. The molecule has 0 radical (unpaired) electrons. The molecule has 1 unspecified atom stereocenters. The lowest BCUT2D eigenvalue weighted by Gasteiger charge is -2.29. The average molecular weight is 205 g/mol. The van der Waals surface area contributed by atoms with Crippen LogP contribution in [0.5, 0.6) is 5.75 Å². The normalized spacial score (nSPS) is 25.5. The van der Waals surface area contributed by atoms with E-state index >= 15 is 0 Å². The van der Waals surface area contributed by atoms with Gasteiger partial charge in [0.15, 0.2) is 0 Å². The second-order valence-electron chi connectivity index (χ2n) is 4.20. The summed E-state index contributed by atoms with van der Waals surface area (Å²) in [4.78, 5) is 0. The molecule has 2 heteroatoms. The molecule has 2 nitrogen and oxygen atoms in total. The van der Waals surface area contributed by atoms with E-state index in [2.05, 4.69) is 30.4 Å². The van der Waals surface area contributed by atoms with E-state index in [9.17, 15) is 0 Å². The first-order valence-corrected chi connectivity index (χ1v) is 5.70. The van der Waals surface area contributed by atoms with Gasteiger partial charge in [-0.25, -0.2) is 0 Å². The zero-order valence-electron chi connectivity index (χ0n) is 9.55. The number of hydrogen-bond acceptors (Lipinski definition) is 2. The molecule has 1 atom stereocenters. The first-order valence-electron chi connectivity index (χ1n) is 5.70. The molecule has 1 heterocycles. The summed E-state index contributed by atoms with van der Waals surface area (Å²) in [6.45, 7) is 3.38. The van der Waals surface area contributed by atoms with Gasteiger partial charge in [-0.3, -0.25) is 0 Å². The summed E-state index contributed by atoms with van der Waals surface area (Å²) in [5, 5.41) is 3.63. The fourth-order valence-corrected chi connectivity index (χ4v) is 2.48. The minimum Gasteiger partial charge on any atom is -0.497 e. The van der Waals surface area contributed by atoms with E-state index in [1.807, 2.05) is 6.07 Å². The van der Waals surface area contributed by atoms with Gasteiger partial charge in [-0.05, 0) is 43.5 Å². The molecule has 0 bridgehead atoms. The van der Waals surface area contributed by atoms with Gasteiger partial charge < -0.3 is 10.1 Å². The predicted molar refractivity (Wildman–Crippen MR) is 62.2 cm³/mol. The van der Waals surface area contributed by atoms with E-state index in [-0.39, 0.29) is 5.54 Å². The Balaban J connectivity index is 2.33. The molecule has 1 aliphatic rings. The highest BCUT2D eigenvalue weighted by Crippen LogP contribution is 2.35. The van der Waals surface area contributed by atoms with Gasteiger partial charge in [0.05, 0.1) is 7.11 Å². The molecule has 1 fully saturated rings. The summed E-state index contributed by atoms with van der Waals surface area (Å²) in [5.74, 6) is 0.953. The van der Waals surface area contributed by atoms with Crippen molar-refractivity contribution in [2.45, 2.75) is 31.7 Å². The van der Waals surface area contributed by atoms with Crippen molar-refractivity contribution in [2.24, 2.45) is 0 Å². The maximum atomic E-state index is 5.28.